The summed E-state index contributed by atoms with van der Waals surface area (Å²) in [7, 11) is -2.98. The predicted octanol–water partition coefficient (Wildman–Crippen LogP) is 3.76. The van der Waals surface area contributed by atoms with Crippen LogP contribution in [-0.2, 0) is 10.7 Å². The number of benzene rings is 1. The molecule has 5 rings (SSSR count). The van der Waals surface area contributed by atoms with Crippen LogP contribution in [0.1, 0.15) is 45.4 Å². The first-order valence-electron chi connectivity index (χ1n) is 11.3. The van der Waals surface area contributed by atoms with Crippen molar-refractivity contribution in [2.24, 2.45) is 5.92 Å². The Balaban J connectivity index is 1.21. The third-order valence-corrected chi connectivity index (χ3v) is 7.74. The van der Waals surface area contributed by atoms with Gasteiger partial charge < -0.3 is 14.2 Å². The van der Waals surface area contributed by atoms with Crippen LogP contribution in [0.2, 0.25) is 0 Å². The SMILES string of the molecule is CC(C)c1noc(N2CCC([C@H](C)Oc3nn4cc(-c5ccc([SH](=O)=O)c(F)c5)nc4s3)CC2)n1. The number of fused-ring (bicyclic) bond motifs is 1. The number of piperidine rings is 1. The first-order valence-corrected chi connectivity index (χ1v) is 13.3. The minimum absolute atomic E-state index is 0.0305. The van der Waals surface area contributed by atoms with Gasteiger partial charge in [-0.1, -0.05) is 25.1 Å². The van der Waals surface area contributed by atoms with Crippen molar-refractivity contribution < 1.29 is 22.1 Å². The largest absolute Gasteiger partial charge is 0.466 e. The van der Waals surface area contributed by atoms with Gasteiger partial charge in [0, 0.05) is 24.6 Å². The van der Waals surface area contributed by atoms with E-state index in [9.17, 15) is 12.8 Å². The number of anilines is 1. The summed E-state index contributed by atoms with van der Waals surface area (Å²) in [6.07, 6.45) is 3.51. The maximum Gasteiger partial charge on any atom is 0.324 e. The molecule has 4 aromatic rings. The van der Waals surface area contributed by atoms with Crippen molar-refractivity contribution in [3.8, 4) is 16.5 Å². The lowest BCUT2D eigenvalue weighted by molar-refractivity contribution is 0.130. The van der Waals surface area contributed by atoms with Crippen molar-refractivity contribution in [1.82, 2.24) is 24.7 Å². The molecule has 3 aromatic heterocycles. The van der Waals surface area contributed by atoms with Gasteiger partial charge in [-0.3, -0.25) is 0 Å². The molecule has 1 aliphatic rings. The Kier molecular flexibility index (Phi) is 6.45. The number of rotatable bonds is 7. The lowest BCUT2D eigenvalue weighted by Crippen LogP contribution is -2.38. The number of ether oxygens (including phenoxy) is 1. The quantitative estimate of drug-likeness (QED) is 0.364. The molecule has 0 aliphatic carbocycles. The molecule has 0 saturated carbocycles. The smallest absolute Gasteiger partial charge is 0.324 e. The van der Waals surface area contributed by atoms with Crippen molar-refractivity contribution in [2.45, 2.75) is 50.5 Å². The highest BCUT2D eigenvalue weighted by atomic mass is 32.2. The summed E-state index contributed by atoms with van der Waals surface area (Å²) in [5.74, 6) is 0.509. The molecule has 0 radical (unpaired) electrons. The van der Waals surface area contributed by atoms with Gasteiger partial charge in [0.2, 0.25) is 4.96 Å². The highest BCUT2D eigenvalue weighted by Gasteiger charge is 2.28. The second kappa shape index (κ2) is 9.53. The Bertz CT molecular complexity index is 1380. The second-order valence-corrected chi connectivity index (χ2v) is 10.8. The molecule has 10 nitrogen and oxygen atoms in total. The highest BCUT2D eigenvalue weighted by molar-refractivity contribution is 7.72. The zero-order chi connectivity index (χ0) is 24.7. The standard InChI is InChI=1S/C22H25FN6O4S2/c1-12(2)19-25-20(33-27-19)28-8-6-14(7-9-28)13(3)32-22-26-29-11-17(24-21(29)34-22)15-4-5-18(35(30)31)16(23)10-15/h4-5,10-14,35H,6-9H2,1-3H3/t13-/m0/s1. The fourth-order valence-electron chi connectivity index (χ4n) is 4.09. The molecule has 0 amide bonds. The third-order valence-electron chi connectivity index (χ3n) is 6.17. The van der Waals surface area contributed by atoms with Gasteiger partial charge in [0.1, 0.15) is 11.9 Å². The first-order chi connectivity index (χ1) is 16.8. The van der Waals surface area contributed by atoms with Crippen LogP contribution in [0.15, 0.2) is 33.8 Å². The van der Waals surface area contributed by atoms with E-state index in [2.05, 4.69) is 25.1 Å². The molecule has 1 saturated heterocycles. The maximum atomic E-state index is 14.0. The molecule has 1 aromatic carbocycles. The van der Waals surface area contributed by atoms with Crippen molar-refractivity contribution >= 4 is 33.0 Å². The molecular formula is C22H25FN6O4S2. The van der Waals surface area contributed by atoms with Gasteiger partial charge in [0.05, 0.1) is 16.8 Å². The first kappa shape index (κ1) is 23.7. The van der Waals surface area contributed by atoms with Crippen LogP contribution in [0.25, 0.3) is 16.2 Å². The number of aromatic nitrogens is 5. The fraction of sp³-hybridized carbons (Fsp3) is 0.455. The third kappa shape index (κ3) is 4.87. The van der Waals surface area contributed by atoms with Gasteiger partial charge in [-0.25, -0.2) is 22.3 Å². The van der Waals surface area contributed by atoms with Crippen molar-refractivity contribution in [3.63, 3.8) is 0 Å². The van der Waals surface area contributed by atoms with Crippen molar-refractivity contribution in [3.05, 3.63) is 36.0 Å². The lowest BCUT2D eigenvalue weighted by Gasteiger charge is -2.33. The average Bonchev–Trinajstić information content (AvgIpc) is 3.54. The van der Waals surface area contributed by atoms with E-state index in [4.69, 9.17) is 9.26 Å². The molecular weight excluding hydrogens is 495 g/mol. The van der Waals surface area contributed by atoms with Gasteiger partial charge in [0.15, 0.2) is 16.5 Å². The molecule has 35 heavy (non-hydrogen) atoms. The van der Waals surface area contributed by atoms with Crippen LogP contribution in [0.4, 0.5) is 10.4 Å². The minimum atomic E-state index is -2.98. The Morgan fingerprint density at radius 1 is 1.20 bits per heavy atom. The summed E-state index contributed by atoms with van der Waals surface area (Å²) in [6.45, 7) is 7.75. The Hall–Kier alpha value is -3.06. The fourth-order valence-corrected chi connectivity index (χ4v) is 5.34. The van der Waals surface area contributed by atoms with Gasteiger partial charge in [0.25, 0.3) is 5.19 Å². The Morgan fingerprint density at radius 2 is 1.97 bits per heavy atom. The van der Waals surface area contributed by atoms with Gasteiger partial charge in [-0.05, 0) is 49.2 Å². The molecule has 1 aliphatic heterocycles. The van der Waals surface area contributed by atoms with E-state index in [1.807, 2.05) is 20.8 Å². The average molecular weight is 521 g/mol. The molecule has 0 bridgehead atoms. The number of thiol groups is 1. The maximum absolute atomic E-state index is 14.0. The summed E-state index contributed by atoms with van der Waals surface area (Å²) < 4.78 is 49.3. The molecule has 13 heteroatoms. The minimum Gasteiger partial charge on any atom is -0.466 e. The molecule has 0 spiro atoms. The van der Waals surface area contributed by atoms with Crippen LogP contribution in [0.3, 0.4) is 0 Å². The summed E-state index contributed by atoms with van der Waals surface area (Å²) in [5, 5.41) is 9.02. The van der Waals surface area contributed by atoms with Gasteiger partial charge >= 0.3 is 6.01 Å². The Morgan fingerprint density at radius 3 is 2.60 bits per heavy atom. The predicted molar refractivity (Wildman–Crippen MR) is 128 cm³/mol. The zero-order valence-corrected chi connectivity index (χ0v) is 21.1. The number of imidazole rings is 1. The normalized spacial score (nSPS) is 16.0. The number of nitrogens with zero attached hydrogens (tertiary/aromatic N) is 6. The van der Waals surface area contributed by atoms with E-state index in [0.717, 1.165) is 37.8 Å². The van der Waals surface area contributed by atoms with Crippen LogP contribution < -0.4 is 9.64 Å². The van der Waals surface area contributed by atoms with E-state index in [1.165, 1.54) is 23.5 Å². The second-order valence-electron chi connectivity index (χ2n) is 8.88. The molecule has 0 N–H and O–H groups in total. The van der Waals surface area contributed by atoms with E-state index in [-0.39, 0.29) is 16.9 Å². The molecule has 1 fully saturated rings. The Labute approximate surface area is 206 Å². The van der Waals surface area contributed by atoms with Crippen molar-refractivity contribution in [2.75, 3.05) is 18.0 Å². The molecule has 4 heterocycles. The van der Waals surface area contributed by atoms with E-state index in [1.54, 1.807) is 10.7 Å². The number of hydrogen-bond donors (Lipinski definition) is 1. The lowest BCUT2D eigenvalue weighted by atomic mass is 9.92. The highest BCUT2D eigenvalue weighted by Crippen LogP contribution is 2.31. The number of halogens is 1. The van der Waals surface area contributed by atoms with Gasteiger partial charge in [-0.15, -0.1) is 5.10 Å². The van der Waals surface area contributed by atoms with Crippen LogP contribution in [0.5, 0.6) is 5.19 Å². The summed E-state index contributed by atoms with van der Waals surface area (Å²) in [6, 6.07) is 4.51. The summed E-state index contributed by atoms with van der Waals surface area (Å²) in [5.41, 5.74) is 0.981. The van der Waals surface area contributed by atoms with Crippen LogP contribution in [0, 0.1) is 11.7 Å². The van der Waals surface area contributed by atoms with Crippen LogP contribution in [-0.4, -0.2) is 52.3 Å². The number of hydrogen-bond acceptors (Lipinski definition) is 10. The van der Waals surface area contributed by atoms with E-state index < -0.39 is 16.5 Å². The van der Waals surface area contributed by atoms with Crippen LogP contribution >= 0.6 is 11.3 Å². The summed E-state index contributed by atoms with van der Waals surface area (Å²) >= 11 is 1.30. The molecule has 0 unspecified atom stereocenters. The molecule has 1 atom stereocenters. The monoisotopic (exact) mass is 520 g/mol. The topological polar surface area (TPSA) is 116 Å². The summed E-state index contributed by atoms with van der Waals surface area (Å²) in [4.78, 5) is 11.4. The van der Waals surface area contributed by atoms with E-state index in [0.29, 0.717) is 33.3 Å². The van der Waals surface area contributed by atoms with Gasteiger partial charge in [-0.2, -0.15) is 4.98 Å². The van der Waals surface area contributed by atoms with E-state index >= 15 is 0 Å². The molecule has 186 valence electrons. The van der Waals surface area contributed by atoms with Crippen molar-refractivity contribution in [1.29, 1.82) is 0 Å². The zero-order valence-electron chi connectivity index (χ0n) is 19.4.